The van der Waals surface area contributed by atoms with Gasteiger partial charge in [-0.3, -0.25) is 9.59 Å². The zero-order chi connectivity index (χ0) is 52.2. The average Bonchev–Trinajstić information content (AvgIpc) is 3.38. The van der Waals surface area contributed by atoms with E-state index in [0.717, 1.165) is 51.4 Å². The topological polar surface area (TPSA) is 95.9 Å². The largest absolute Gasteiger partial charge is 0.466 e. The van der Waals surface area contributed by atoms with E-state index in [-0.39, 0.29) is 18.5 Å². The number of amides is 1. The van der Waals surface area contributed by atoms with Gasteiger partial charge in [-0.15, -0.1) is 0 Å². The van der Waals surface area contributed by atoms with Gasteiger partial charge in [0.25, 0.3) is 0 Å². The molecule has 0 saturated carbocycles. The van der Waals surface area contributed by atoms with Gasteiger partial charge in [-0.2, -0.15) is 0 Å². The molecule has 0 bridgehead atoms. The molecule has 6 nitrogen and oxygen atoms in total. The summed E-state index contributed by atoms with van der Waals surface area (Å²) in [7, 11) is 0. The molecular formula is C66H125NO5. The first kappa shape index (κ1) is 70.1. The minimum Gasteiger partial charge on any atom is -0.466 e. The average molecular weight is 1010 g/mol. The molecule has 0 saturated heterocycles. The molecule has 424 valence electrons. The van der Waals surface area contributed by atoms with Gasteiger partial charge in [0.1, 0.15) is 0 Å². The summed E-state index contributed by atoms with van der Waals surface area (Å²) in [5, 5.41) is 23.2. The van der Waals surface area contributed by atoms with E-state index in [4.69, 9.17) is 4.74 Å². The van der Waals surface area contributed by atoms with Gasteiger partial charge in [0.05, 0.1) is 25.4 Å². The standard InChI is InChI=1S/C66H125NO5/c1-3-5-7-9-11-13-15-17-19-21-24-27-30-34-38-42-46-50-54-58-64(69)63(62-68)67-65(70)59-55-51-47-43-39-35-31-28-25-22-23-26-29-33-37-41-45-49-53-57-61-72-66(71)60-56-52-48-44-40-36-32-20-18-16-14-12-10-8-6-4-2/h20,22,25,32,54,58,63-64,68-69H,3-19,21,23-24,26-31,33-53,55-57,59-62H2,1-2H3,(H,67,70)/b25-22-,32-20-,58-54+. The third kappa shape index (κ3) is 57.4. The van der Waals surface area contributed by atoms with E-state index >= 15 is 0 Å². The van der Waals surface area contributed by atoms with E-state index in [2.05, 4.69) is 43.5 Å². The Labute approximate surface area is 449 Å². The predicted molar refractivity (Wildman–Crippen MR) is 315 cm³/mol. The van der Waals surface area contributed by atoms with Crippen molar-refractivity contribution in [3.05, 3.63) is 36.5 Å². The number of hydrogen-bond donors (Lipinski definition) is 3. The van der Waals surface area contributed by atoms with E-state index in [9.17, 15) is 19.8 Å². The third-order valence-electron chi connectivity index (χ3n) is 14.9. The maximum Gasteiger partial charge on any atom is 0.305 e. The van der Waals surface area contributed by atoms with Crippen LogP contribution in [0.1, 0.15) is 348 Å². The summed E-state index contributed by atoms with van der Waals surface area (Å²) in [6.07, 6.45) is 77.6. The van der Waals surface area contributed by atoms with Gasteiger partial charge in [0, 0.05) is 12.8 Å². The van der Waals surface area contributed by atoms with Crippen LogP contribution in [-0.4, -0.2) is 47.4 Å². The Kier molecular flexibility index (Phi) is 60.0. The second kappa shape index (κ2) is 61.6. The maximum atomic E-state index is 12.5. The fourth-order valence-corrected chi connectivity index (χ4v) is 9.92. The molecule has 0 aromatic carbocycles. The number of aliphatic hydroxyl groups is 2. The monoisotopic (exact) mass is 1010 g/mol. The highest BCUT2D eigenvalue weighted by molar-refractivity contribution is 5.76. The smallest absolute Gasteiger partial charge is 0.305 e. The Morgan fingerprint density at radius 3 is 0.986 bits per heavy atom. The molecule has 0 aliphatic heterocycles. The number of aliphatic hydroxyl groups excluding tert-OH is 2. The van der Waals surface area contributed by atoms with E-state index in [1.807, 2.05) is 6.08 Å². The van der Waals surface area contributed by atoms with Crippen LogP contribution >= 0.6 is 0 Å². The summed E-state index contributed by atoms with van der Waals surface area (Å²) in [5.74, 6) is -0.0760. The zero-order valence-corrected chi connectivity index (χ0v) is 48.4. The number of ether oxygens (including phenoxy) is 1. The highest BCUT2D eigenvalue weighted by Crippen LogP contribution is 2.17. The summed E-state index contributed by atoms with van der Waals surface area (Å²) in [4.78, 5) is 24.6. The number of hydrogen-bond acceptors (Lipinski definition) is 5. The molecule has 0 spiro atoms. The number of esters is 1. The van der Waals surface area contributed by atoms with Gasteiger partial charge in [-0.1, -0.05) is 288 Å². The Morgan fingerprint density at radius 1 is 0.375 bits per heavy atom. The Balaban J connectivity index is 3.46. The molecule has 2 unspecified atom stereocenters. The second-order valence-electron chi connectivity index (χ2n) is 22.1. The lowest BCUT2D eigenvalue weighted by molar-refractivity contribution is -0.143. The van der Waals surface area contributed by atoms with Crippen molar-refractivity contribution in [1.29, 1.82) is 0 Å². The van der Waals surface area contributed by atoms with E-state index in [1.165, 1.54) is 270 Å². The van der Waals surface area contributed by atoms with Crippen molar-refractivity contribution in [3.63, 3.8) is 0 Å². The predicted octanol–water partition coefficient (Wildman–Crippen LogP) is 20.4. The van der Waals surface area contributed by atoms with Crippen molar-refractivity contribution >= 4 is 11.9 Å². The molecule has 0 aromatic heterocycles. The summed E-state index contributed by atoms with van der Waals surface area (Å²) >= 11 is 0. The van der Waals surface area contributed by atoms with Crippen LogP contribution in [0.4, 0.5) is 0 Å². The number of unbranched alkanes of at least 4 members (excludes halogenated alkanes) is 45. The molecule has 0 aromatic rings. The summed E-state index contributed by atoms with van der Waals surface area (Å²) < 4.78 is 5.48. The lowest BCUT2D eigenvalue weighted by Crippen LogP contribution is -2.45. The SMILES string of the molecule is CCCCCCCCC/C=C\CCCCCCCC(=O)OCCCCCCCCCCC/C=C\CCCCCCCCCC(=O)NC(CO)C(O)/C=C/CCCCCCCCCCCCCCCCCCC. The molecule has 0 fully saturated rings. The van der Waals surface area contributed by atoms with E-state index in [1.54, 1.807) is 6.08 Å². The number of allylic oxidation sites excluding steroid dienone is 5. The molecule has 0 rings (SSSR count). The molecule has 6 heteroatoms. The number of nitrogens with one attached hydrogen (secondary N) is 1. The van der Waals surface area contributed by atoms with E-state index < -0.39 is 12.1 Å². The first-order chi connectivity index (χ1) is 35.5. The number of rotatable bonds is 60. The molecule has 2 atom stereocenters. The summed E-state index contributed by atoms with van der Waals surface area (Å²) in [6, 6.07) is -0.635. The summed E-state index contributed by atoms with van der Waals surface area (Å²) in [5.41, 5.74) is 0. The highest BCUT2D eigenvalue weighted by Gasteiger charge is 2.18. The Hall–Kier alpha value is -1.92. The first-order valence-corrected chi connectivity index (χ1v) is 32.3. The minimum atomic E-state index is -0.851. The fourth-order valence-electron chi connectivity index (χ4n) is 9.92. The van der Waals surface area contributed by atoms with Crippen molar-refractivity contribution in [2.45, 2.75) is 360 Å². The van der Waals surface area contributed by atoms with Crippen molar-refractivity contribution in [2.24, 2.45) is 0 Å². The minimum absolute atomic E-state index is 0.00158. The highest BCUT2D eigenvalue weighted by atomic mass is 16.5. The van der Waals surface area contributed by atoms with Crippen LogP contribution in [0.15, 0.2) is 36.5 Å². The van der Waals surface area contributed by atoms with Gasteiger partial charge < -0.3 is 20.3 Å². The van der Waals surface area contributed by atoms with Crippen LogP contribution in [0.3, 0.4) is 0 Å². The third-order valence-corrected chi connectivity index (χ3v) is 14.9. The quantitative estimate of drug-likeness (QED) is 0.0320. The van der Waals surface area contributed by atoms with Crippen molar-refractivity contribution in [1.82, 2.24) is 5.32 Å². The normalized spacial score (nSPS) is 12.8. The number of carbonyl (C=O) groups is 2. The van der Waals surface area contributed by atoms with Crippen LogP contribution in [0.2, 0.25) is 0 Å². The zero-order valence-electron chi connectivity index (χ0n) is 48.4. The molecule has 1 amide bonds. The molecular weight excluding hydrogens is 887 g/mol. The van der Waals surface area contributed by atoms with Crippen molar-refractivity contribution < 1.29 is 24.5 Å². The van der Waals surface area contributed by atoms with Gasteiger partial charge in [-0.05, 0) is 83.5 Å². The molecule has 0 aliphatic carbocycles. The van der Waals surface area contributed by atoms with Gasteiger partial charge >= 0.3 is 5.97 Å². The van der Waals surface area contributed by atoms with Crippen LogP contribution in [-0.2, 0) is 14.3 Å². The Morgan fingerprint density at radius 2 is 0.653 bits per heavy atom. The van der Waals surface area contributed by atoms with Crippen molar-refractivity contribution in [2.75, 3.05) is 13.2 Å². The molecule has 0 aliphatic rings. The van der Waals surface area contributed by atoms with Crippen LogP contribution in [0, 0.1) is 0 Å². The Bertz CT molecular complexity index is 1170. The van der Waals surface area contributed by atoms with Crippen LogP contribution in [0.25, 0.3) is 0 Å². The van der Waals surface area contributed by atoms with Crippen molar-refractivity contribution in [3.8, 4) is 0 Å². The van der Waals surface area contributed by atoms with E-state index in [0.29, 0.717) is 19.4 Å². The lowest BCUT2D eigenvalue weighted by atomic mass is 10.0. The molecule has 0 radical (unpaired) electrons. The maximum absolute atomic E-state index is 12.5. The molecule has 3 N–H and O–H groups in total. The van der Waals surface area contributed by atoms with Crippen LogP contribution in [0.5, 0.6) is 0 Å². The molecule has 0 heterocycles. The van der Waals surface area contributed by atoms with Crippen LogP contribution < -0.4 is 5.32 Å². The first-order valence-electron chi connectivity index (χ1n) is 32.3. The van der Waals surface area contributed by atoms with Gasteiger partial charge in [-0.25, -0.2) is 0 Å². The van der Waals surface area contributed by atoms with Gasteiger partial charge in [0.2, 0.25) is 5.91 Å². The summed E-state index contributed by atoms with van der Waals surface area (Å²) in [6.45, 7) is 4.91. The lowest BCUT2D eigenvalue weighted by Gasteiger charge is -2.20. The molecule has 72 heavy (non-hydrogen) atoms. The van der Waals surface area contributed by atoms with Gasteiger partial charge in [0.15, 0.2) is 0 Å². The fraction of sp³-hybridized carbons (Fsp3) is 0.879. The number of carbonyl (C=O) groups excluding carboxylic acids is 2. The second-order valence-corrected chi connectivity index (χ2v) is 22.1.